The van der Waals surface area contributed by atoms with Crippen molar-refractivity contribution in [1.29, 1.82) is 0 Å². The number of carboxylic acids is 1. The van der Waals surface area contributed by atoms with Crippen LogP contribution < -0.4 is 5.56 Å². The first kappa shape index (κ1) is 20.0. The van der Waals surface area contributed by atoms with Crippen LogP contribution in [0.25, 0.3) is 0 Å². The summed E-state index contributed by atoms with van der Waals surface area (Å²) in [5.74, 6) is -0.639. The second kappa shape index (κ2) is 8.85. The number of aromatic nitrogens is 2. The number of nitrogens with zero attached hydrogens (tertiary/aromatic N) is 3. The molecule has 1 saturated heterocycles. The van der Waals surface area contributed by atoms with Crippen LogP contribution in [0.15, 0.2) is 10.9 Å². The standard InChI is InChI=1S/C18H29N3O3S/c1-12(2)10-15(25-4)16(18(23)24)21-17(22)13(3)11-14(19-21)6-9-20-7-5-8-20/h11-12,15-16H,5-10H2,1-4H3,(H,23,24). The van der Waals surface area contributed by atoms with Crippen molar-refractivity contribution in [3.05, 3.63) is 27.7 Å². The zero-order valence-corrected chi connectivity index (χ0v) is 16.4. The van der Waals surface area contributed by atoms with Crippen LogP contribution >= 0.6 is 11.8 Å². The molecule has 2 rings (SSSR count). The Morgan fingerprint density at radius 3 is 2.56 bits per heavy atom. The van der Waals surface area contributed by atoms with Gasteiger partial charge in [0.25, 0.3) is 5.56 Å². The van der Waals surface area contributed by atoms with Gasteiger partial charge in [-0.3, -0.25) is 4.79 Å². The van der Waals surface area contributed by atoms with Crippen LogP contribution in [0.2, 0.25) is 0 Å². The van der Waals surface area contributed by atoms with Gasteiger partial charge in [0, 0.05) is 23.8 Å². The molecule has 1 aromatic heterocycles. The average Bonchev–Trinajstić information content (AvgIpc) is 2.48. The van der Waals surface area contributed by atoms with Crippen LogP contribution in [0.4, 0.5) is 0 Å². The molecule has 1 N–H and O–H groups in total. The van der Waals surface area contributed by atoms with Gasteiger partial charge in [-0.05, 0) is 51.1 Å². The summed E-state index contributed by atoms with van der Waals surface area (Å²) in [6, 6.07) is 0.862. The van der Waals surface area contributed by atoms with E-state index in [9.17, 15) is 14.7 Å². The van der Waals surface area contributed by atoms with E-state index in [0.717, 1.165) is 38.2 Å². The van der Waals surface area contributed by atoms with Crippen molar-refractivity contribution in [2.24, 2.45) is 5.92 Å². The van der Waals surface area contributed by atoms with Crippen LogP contribution in [-0.2, 0) is 11.2 Å². The van der Waals surface area contributed by atoms with Crippen molar-refractivity contribution in [1.82, 2.24) is 14.7 Å². The molecule has 0 aliphatic carbocycles. The Morgan fingerprint density at radius 1 is 1.40 bits per heavy atom. The zero-order valence-electron chi connectivity index (χ0n) is 15.6. The lowest BCUT2D eigenvalue weighted by atomic mass is 10.0. The number of likely N-dealkylation sites (tertiary alicyclic amines) is 1. The summed E-state index contributed by atoms with van der Waals surface area (Å²) in [7, 11) is 0. The van der Waals surface area contributed by atoms with E-state index in [1.807, 2.05) is 6.26 Å². The fourth-order valence-electron chi connectivity index (χ4n) is 3.13. The molecule has 1 aromatic rings. The number of aliphatic carboxylic acids is 1. The fourth-order valence-corrected chi connectivity index (χ4v) is 4.20. The maximum atomic E-state index is 12.6. The van der Waals surface area contributed by atoms with Crippen molar-refractivity contribution in [2.45, 2.75) is 51.3 Å². The highest BCUT2D eigenvalue weighted by atomic mass is 32.2. The predicted octanol–water partition coefficient (Wildman–Crippen LogP) is 2.20. The summed E-state index contributed by atoms with van der Waals surface area (Å²) >= 11 is 1.49. The van der Waals surface area contributed by atoms with Gasteiger partial charge in [0.1, 0.15) is 0 Å². The van der Waals surface area contributed by atoms with Crippen molar-refractivity contribution < 1.29 is 9.90 Å². The molecular formula is C18H29N3O3S. The predicted molar refractivity (Wildman–Crippen MR) is 101 cm³/mol. The van der Waals surface area contributed by atoms with Gasteiger partial charge in [-0.15, -0.1) is 0 Å². The van der Waals surface area contributed by atoms with E-state index >= 15 is 0 Å². The highest BCUT2D eigenvalue weighted by Crippen LogP contribution is 2.27. The first-order valence-corrected chi connectivity index (χ1v) is 10.2. The number of carbonyl (C=O) groups is 1. The van der Waals surface area contributed by atoms with Crippen molar-refractivity contribution >= 4 is 17.7 Å². The molecule has 1 aliphatic heterocycles. The molecule has 7 heteroatoms. The SMILES string of the molecule is CSC(CC(C)C)C(C(=O)O)n1nc(CCN2CCC2)cc(C)c1=O. The van der Waals surface area contributed by atoms with Gasteiger partial charge in [0.05, 0.1) is 5.69 Å². The van der Waals surface area contributed by atoms with E-state index in [4.69, 9.17) is 0 Å². The topological polar surface area (TPSA) is 75.4 Å². The van der Waals surface area contributed by atoms with Crippen molar-refractivity contribution in [3.8, 4) is 0 Å². The minimum absolute atomic E-state index is 0.187. The molecule has 0 saturated carbocycles. The van der Waals surface area contributed by atoms with Crippen LogP contribution in [-0.4, -0.2) is 56.9 Å². The summed E-state index contributed by atoms with van der Waals surface area (Å²) in [5.41, 5.74) is 1.05. The summed E-state index contributed by atoms with van der Waals surface area (Å²) in [4.78, 5) is 26.9. The Hall–Kier alpha value is -1.34. The minimum Gasteiger partial charge on any atom is -0.480 e. The molecule has 0 amide bonds. The Morgan fingerprint density at radius 2 is 2.08 bits per heavy atom. The largest absolute Gasteiger partial charge is 0.480 e. The summed E-state index contributed by atoms with van der Waals surface area (Å²) in [6.07, 6.45) is 4.59. The van der Waals surface area contributed by atoms with Crippen LogP contribution in [0.5, 0.6) is 0 Å². The molecule has 0 aromatic carbocycles. The molecule has 2 atom stereocenters. The molecule has 25 heavy (non-hydrogen) atoms. The second-order valence-corrected chi connectivity index (χ2v) is 8.28. The minimum atomic E-state index is -0.992. The average molecular weight is 368 g/mol. The lowest BCUT2D eigenvalue weighted by Gasteiger charge is -2.30. The molecule has 0 spiro atoms. The van der Waals surface area contributed by atoms with Crippen LogP contribution in [0.1, 0.15) is 44.0 Å². The Kier molecular flexibility index (Phi) is 7.07. The molecule has 6 nitrogen and oxygen atoms in total. The number of thioether (sulfide) groups is 1. The van der Waals surface area contributed by atoms with Crippen molar-refractivity contribution in [3.63, 3.8) is 0 Å². The number of hydrogen-bond donors (Lipinski definition) is 1. The molecule has 2 heterocycles. The van der Waals surface area contributed by atoms with E-state index in [0.29, 0.717) is 11.5 Å². The second-order valence-electron chi connectivity index (χ2n) is 7.20. The number of rotatable bonds is 9. The molecule has 1 fully saturated rings. The monoisotopic (exact) mass is 367 g/mol. The normalized spacial score (nSPS) is 17.3. The Balaban J connectivity index is 2.32. The fraction of sp³-hybridized carbons (Fsp3) is 0.722. The molecule has 1 aliphatic rings. The maximum Gasteiger partial charge on any atom is 0.329 e. The number of aryl methyl sites for hydroxylation is 1. The third-order valence-corrected chi connectivity index (χ3v) is 5.73. The summed E-state index contributed by atoms with van der Waals surface area (Å²) < 4.78 is 1.21. The lowest BCUT2D eigenvalue weighted by molar-refractivity contribution is -0.141. The number of carboxylic acid groups (broad SMARTS) is 1. The van der Waals surface area contributed by atoms with Crippen molar-refractivity contribution in [2.75, 3.05) is 25.9 Å². The third-order valence-electron chi connectivity index (χ3n) is 4.67. The first-order valence-electron chi connectivity index (χ1n) is 8.90. The van der Waals surface area contributed by atoms with Gasteiger partial charge in [0.15, 0.2) is 6.04 Å². The Labute approximate surface area is 153 Å². The van der Waals surface area contributed by atoms with Gasteiger partial charge >= 0.3 is 5.97 Å². The highest BCUT2D eigenvalue weighted by molar-refractivity contribution is 7.99. The van der Waals surface area contributed by atoms with E-state index in [2.05, 4.69) is 23.8 Å². The van der Waals surface area contributed by atoms with E-state index in [1.54, 1.807) is 13.0 Å². The number of hydrogen-bond acceptors (Lipinski definition) is 5. The molecular weight excluding hydrogens is 338 g/mol. The molecule has 140 valence electrons. The van der Waals surface area contributed by atoms with E-state index in [-0.39, 0.29) is 10.8 Å². The van der Waals surface area contributed by atoms with E-state index < -0.39 is 12.0 Å². The first-order chi connectivity index (χ1) is 11.8. The van der Waals surface area contributed by atoms with Crippen LogP contribution in [0.3, 0.4) is 0 Å². The molecule has 0 radical (unpaired) electrons. The Bertz CT molecular complexity index is 655. The van der Waals surface area contributed by atoms with Gasteiger partial charge in [-0.1, -0.05) is 13.8 Å². The van der Waals surface area contributed by atoms with E-state index in [1.165, 1.54) is 22.9 Å². The maximum absolute atomic E-state index is 12.6. The lowest BCUT2D eigenvalue weighted by Crippen LogP contribution is -2.41. The van der Waals surface area contributed by atoms with Gasteiger partial charge in [-0.25, -0.2) is 9.48 Å². The smallest absolute Gasteiger partial charge is 0.329 e. The zero-order chi connectivity index (χ0) is 18.6. The highest BCUT2D eigenvalue weighted by Gasteiger charge is 2.32. The summed E-state index contributed by atoms with van der Waals surface area (Å²) in [5, 5.41) is 14.0. The molecule has 0 bridgehead atoms. The summed E-state index contributed by atoms with van der Waals surface area (Å²) in [6.45, 7) is 8.99. The quantitative estimate of drug-likeness (QED) is 0.721. The third kappa shape index (κ3) is 5.07. The van der Waals surface area contributed by atoms with Gasteiger partial charge in [0.2, 0.25) is 0 Å². The molecule has 2 unspecified atom stereocenters. The van der Waals surface area contributed by atoms with Gasteiger partial charge in [-0.2, -0.15) is 16.9 Å². The van der Waals surface area contributed by atoms with Gasteiger partial charge < -0.3 is 10.0 Å². The van der Waals surface area contributed by atoms with Crippen LogP contribution in [0, 0.1) is 12.8 Å².